The Hall–Kier alpha value is -2.24. The Morgan fingerprint density at radius 3 is 2.84 bits per heavy atom. The molecule has 0 radical (unpaired) electrons. The van der Waals surface area contributed by atoms with E-state index in [-0.39, 0.29) is 36.0 Å². The summed E-state index contributed by atoms with van der Waals surface area (Å²) < 4.78 is 11.7. The average Bonchev–Trinajstić information content (AvgIpc) is 2.87. The topological polar surface area (TPSA) is 81.9 Å². The number of carbonyl (C=O) groups excluding carboxylic acids is 2. The number of carbonyl (C=O) groups is 2. The van der Waals surface area contributed by atoms with Gasteiger partial charge in [-0.15, -0.1) is 0 Å². The van der Waals surface area contributed by atoms with Gasteiger partial charge in [0, 0.05) is 24.6 Å². The van der Waals surface area contributed by atoms with E-state index in [0.29, 0.717) is 12.3 Å². The van der Waals surface area contributed by atoms with Crippen molar-refractivity contribution in [2.24, 2.45) is 11.7 Å². The number of benzene rings is 1. The Labute approximate surface area is 148 Å². The van der Waals surface area contributed by atoms with Crippen LogP contribution in [0.4, 0.5) is 0 Å². The fourth-order valence-corrected chi connectivity index (χ4v) is 3.61. The normalized spacial score (nSPS) is 24.4. The van der Waals surface area contributed by atoms with Gasteiger partial charge in [0.15, 0.2) is 18.1 Å². The molecule has 6 nitrogen and oxygen atoms in total. The molecule has 2 aliphatic rings. The van der Waals surface area contributed by atoms with Gasteiger partial charge >= 0.3 is 0 Å². The van der Waals surface area contributed by atoms with E-state index in [1.807, 2.05) is 39.0 Å². The molecule has 136 valence electrons. The minimum atomic E-state index is -0.345. The van der Waals surface area contributed by atoms with Gasteiger partial charge in [-0.1, -0.05) is 12.1 Å². The molecule has 2 heterocycles. The van der Waals surface area contributed by atoms with Gasteiger partial charge in [0.1, 0.15) is 5.60 Å². The molecule has 0 unspecified atom stereocenters. The molecule has 1 saturated heterocycles. The van der Waals surface area contributed by atoms with Crippen LogP contribution in [0.25, 0.3) is 0 Å². The van der Waals surface area contributed by atoms with E-state index in [1.54, 1.807) is 4.90 Å². The maximum absolute atomic E-state index is 12.6. The number of primary amides is 1. The SMILES string of the molecule is C[C@H]1CC[C@H](C(N)=O)CN1C(=O)COc1cccc2c1OC(C)(C)C2. The number of amides is 2. The number of nitrogens with two attached hydrogens (primary N) is 1. The molecule has 6 heteroatoms. The molecule has 2 N–H and O–H groups in total. The highest BCUT2D eigenvalue weighted by atomic mass is 16.5. The second-order valence-corrected chi connectivity index (χ2v) is 7.64. The molecule has 25 heavy (non-hydrogen) atoms. The lowest BCUT2D eigenvalue weighted by Gasteiger charge is -2.36. The van der Waals surface area contributed by atoms with Crippen molar-refractivity contribution in [3.05, 3.63) is 23.8 Å². The fraction of sp³-hybridized carbons (Fsp3) is 0.579. The van der Waals surface area contributed by atoms with Gasteiger partial charge in [0.25, 0.3) is 5.91 Å². The summed E-state index contributed by atoms with van der Waals surface area (Å²) in [6.07, 6.45) is 2.32. The molecular weight excluding hydrogens is 320 g/mol. The first-order chi connectivity index (χ1) is 11.8. The Bertz CT molecular complexity index is 686. The highest BCUT2D eigenvalue weighted by Crippen LogP contribution is 2.41. The van der Waals surface area contributed by atoms with Crippen LogP contribution in [0.2, 0.25) is 0 Å². The highest BCUT2D eigenvalue weighted by molar-refractivity contribution is 5.81. The van der Waals surface area contributed by atoms with Crippen molar-refractivity contribution >= 4 is 11.8 Å². The van der Waals surface area contributed by atoms with Gasteiger partial charge in [-0.25, -0.2) is 0 Å². The van der Waals surface area contributed by atoms with Crippen molar-refractivity contribution in [3.63, 3.8) is 0 Å². The van der Waals surface area contributed by atoms with Crippen molar-refractivity contribution < 1.29 is 19.1 Å². The molecule has 0 aromatic heterocycles. The maximum Gasteiger partial charge on any atom is 0.260 e. The van der Waals surface area contributed by atoms with Crippen LogP contribution in [0, 0.1) is 5.92 Å². The van der Waals surface area contributed by atoms with Crippen LogP contribution < -0.4 is 15.2 Å². The lowest BCUT2D eigenvalue weighted by molar-refractivity contribution is -0.139. The fourth-order valence-electron chi connectivity index (χ4n) is 3.61. The van der Waals surface area contributed by atoms with E-state index >= 15 is 0 Å². The number of likely N-dealkylation sites (tertiary alicyclic amines) is 1. The van der Waals surface area contributed by atoms with Crippen LogP contribution in [0.5, 0.6) is 11.5 Å². The number of hydrogen-bond acceptors (Lipinski definition) is 4. The van der Waals surface area contributed by atoms with Crippen LogP contribution >= 0.6 is 0 Å². The summed E-state index contributed by atoms with van der Waals surface area (Å²) in [6, 6.07) is 5.83. The van der Waals surface area contributed by atoms with E-state index in [9.17, 15) is 9.59 Å². The van der Waals surface area contributed by atoms with E-state index in [0.717, 1.165) is 30.6 Å². The Morgan fingerprint density at radius 2 is 2.12 bits per heavy atom. The second-order valence-electron chi connectivity index (χ2n) is 7.64. The number of rotatable bonds is 4. The van der Waals surface area contributed by atoms with Gasteiger partial charge in [0.2, 0.25) is 5.91 Å². The van der Waals surface area contributed by atoms with Crippen molar-refractivity contribution in [2.45, 2.75) is 51.7 Å². The molecule has 0 bridgehead atoms. The molecule has 0 saturated carbocycles. The van der Waals surface area contributed by atoms with Crippen LogP contribution in [-0.4, -0.2) is 41.5 Å². The minimum absolute atomic E-state index is 0.0733. The lowest BCUT2D eigenvalue weighted by atomic mass is 9.93. The van der Waals surface area contributed by atoms with Gasteiger partial charge in [-0.2, -0.15) is 0 Å². The van der Waals surface area contributed by atoms with Crippen molar-refractivity contribution in [2.75, 3.05) is 13.2 Å². The molecule has 2 atom stereocenters. The number of fused-ring (bicyclic) bond motifs is 1. The zero-order chi connectivity index (χ0) is 18.2. The highest BCUT2D eigenvalue weighted by Gasteiger charge is 2.34. The summed E-state index contributed by atoms with van der Waals surface area (Å²) in [5.74, 6) is 0.565. The third kappa shape index (κ3) is 3.72. The largest absolute Gasteiger partial charge is 0.483 e. The number of ether oxygens (including phenoxy) is 2. The standard InChI is InChI=1S/C19H26N2O4/c1-12-7-8-14(18(20)23)10-21(12)16(22)11-24-15-6-4-5-13-9-19(2,3)25-17(13)15/h4-6,12,14H,7-11H2,1-3H3,(H2,20,23)/t12-,14-/m0/s1. The maximum atomic E-state index is 12.6. The summed E-state index contributed by atoms with van der Waals surface area (Å²) in [6.45, 7) is 6.34. The van der Waals surface area contributed by atoms with Crippen LogP contribution in [0.3, 0.4) is 0 Å². The third-order valence-electron chi connectivity index (χ3n) is 5.01. The second kappa shape index (κ2) is 6.58. The summed E-state index contributed by atoms with van der Waals surface area (Å²) >= 11 is 0. The Kier molecular flexibility index (Phi) is 4.62. The van der Waals surface area contributed by atoms with Crippen molar-refractivity contribution in [1.29, 1.82) is 0 Å². The third-order valence-corrected chi connectivity index (χ3v) is 5.01. The molecule has 1 fully saturated rings. The first-order valence-electron chi connectivity index (χ1n) is 8.79. The van der Waals surface area contributed by atoms with Crippen LogP contribution in [-0.2, 0) is 16.0 Å². The van der Waals surface area contributed by atoms with Crippen LogP contribution in [0.1, 0.15) is 39.2 Å². The minimum Gasteiger partial charge on any atom is -0.483 e. The van der Waals surface area contributed by atoms with Crippen molar-refractivity contribution in [3.8, 4) is 11.5 Å². The predicted octanol–water partition coefficient (Wildman–Crippen LogP) is 1.89. The van der Waals surface area contributed by atoms with Crippen molar-refractivity contribution in [1.82, 2.24) is 4.90 Å². The summed E-state index contributed by atoms with van der Waals surface area (Å²) in [5, 5.41) is 0. The first kappa shape index (κ1) is 17.6. The van der Waals surface area contributed by atoms with Gasteiger partial charge in [-0.3, -0.25) is 9.59 Å². The predicted molar refractivity (Wildman–Crippen MR) is 93.4 cm³/mol. The number of nitrogens with zero attached hydrogens (tertiary/aromatic N) is 1. The number of para-hydroxylation sites is 1. The van der Waals surface area contributed by atoms with E-state index in [2.05, 4.69) is 0 Å². The summed E-state index contributed by atoms with van der Waals surface area (Å²) in [7, 11) is 0. The molecule has 0 aliphatic carbocycles. The zero-order valence-electron chi connectivity index (χ0n) is 15.1. The number of piperidine rings is 1. The molecule has 1 aromatic rings. The van der Waals surface area contributed by atoms with Gasteiger partial charge in [0.05, 0.1) is 5.92 Å². The molecule has 2 amide bonds. The van der Waals surface area contributed by atoms with E-state index < -0.39 is 0 Å². The summed E-state index contributed by atoms with van der Waals surface area (Å²) in [4.78, 5) is 25.7. The number of hydrogen-bond donors (Lipinski definition) is 1. The van der Waals surface area contributed by atoms with Gasteiger partial charge < -0.3 is 20.1 Å². The molecule has 3 rings (SSSR count). The smallest absolute Gasteiger partial charge is 0.260 e. The molecule has 0 spiro atoms. The quantitative estimate of drug-likeness (QED) is 0.903. The average molecular weight is 346 g/mol. The zero-order valence-corrected chi connectivity index (χ0v) is 15.1. The lowest BCUT2D eigenvalue weighted by Crippen LogP contribution is -2.50. The monoisotopic (exact) mass is 346 g/mol. The Morgan fingerprint density at radius 1 is 1.36 bits per heavy atom. The molecule has 1 aromatic carbocycles. The molecular formula is C19H26N2O4. The Balaban J connectivity index is 1.65. The van der Waals surface area contributed by atoms with E-state index in [1.165, 1.54) is 0 Å². The first-order valence-corrected chi connectivity index (χ1v) is 8.79. The molecule has 2 aliphatic heterocycles. The van der Waals surface area contributed by atoms with Crippen LogP contribution in [0.15, 0.2) is 18.2 Å². The van der Waals surface area contributed by atoms with E-state index in [4.69, 9.17) is 15.2 Å². The summed E-state index contributed by atoms with van der Waals surface area (Å²) in [5.41, 5.74) is 6.23. The van der Waals surface area contributed by atoms with Gasteiger partial charge in [-0.05, 0) is 39.7 Å².